The van der Waals surface area contributed by atoms with Crippen molar-refractivity contribution in [1.82, 2.24) is 5.32 Å². The summed E-state index contributed by atoms with van der Waals surface area (Å²) in [5, 5.41) is 2.81. The highest BCUT2D eigenvalue weighted by Gasteiger charge is 2.13. The van der Waals surface area contributed by atoms with Gasteiger partial charge in [0.05, 0.1) is 12.6 Å². The number of hydrogen-bond donors (Lipinski definition) is 3. The van der Waals surface area contributed by atoms with Gasteiger partial charge in [0.1, 0.15) is 12.4 Å². The third-order valence-corrected chi connectivity index (χ3v) is 5.90. The Balaban J connectivity index is 1.66. The van der Waals surface area contributed by atoms with Crippen LogP contribution < -0.4 is 21.5 Å². The van der Waals surface area contributed by atoms with E-state index >= 15 is 0 Å². The third kappa shape index (κ3) is 6.25. The Morgan fingerprint density at radius 3 is 2.83 bits per heavy atom. The number of amides is 1. The fourth-order valence-corrected chi connectivity index (χ4v) is 4.52. The number of unbranched alkanes of at least 4 members (excludes halogenated alkanes) is 1. The van der Waals surface area contributed by atoms with Crippen molar-refractivity contribution in [3.05, 3.63) is 29.3 Å². The molecule has 1 aromatic carbocycles. The van der Waals surface area contributed by atoms with Crippen molar-refractivity contribution in [2.45, 2.75) is 36.8 Å². The third-order valence-electron chi connectivity index (χ3n) is 3.67. The van der Waals surface area contributed by atoms with Crippen molar-refractivity contribution < 1.29 is 9.53 Å². The maximum atomic E-state index is 11.8. The van der Waals surface area contributed by atoms with E-state index in [1.54, 1.807) is 0 Å². The van der Waals surface area contributed by atoms with Gasteiger partial charge in [-0.3, -0.25) is 4.79 Å². The predicted molar refractivity (Wildman–Crippen MR) is 98.4 cm³/mol. The Morgan fingerprint density at radius 1 is 1.26 bits per heavy atom. The zero-order valence-corrected chi connectivity index (χ0v) is 14.9. The summed E-state index contributed by atoms with van der Waals surface area (Å²) in [5.74, 6) is 2.81. The van der Waals surface area contributed by atoms with Gasteiger partial charge >= 0.3 is 0 Å². The fourth-order valence-electron chi connectivity index (χ4n) is 2.29. The van der Waals surface area contributed by atoms with Crippen LogP contribution >= 0.6 is 21.6 Å². The number of benzene rings is 1. The average molecular weight is 356 g/mol. The van der Waals surface area contributed by atoms with Crippen molar-refractivity contribution in [3.63, 3.8) is 0 Å². The van der Waals surface area contributed by atoms with Gasteiger partial charge in [0.25, 0.3) is 0 Å². The van der Waals surface area contributed by atoms with Gasteiger partial charge in [-0.1, -0.05) is 34.1 Å². The van der Waals surface area contributed by atoms with Crippen LogP contribution in [0.2, 0.25) is 0 Å². The normalized spacial score (nSPS) is 14.9. The summed E-state index contributed by atoms with van der Waals surface area (Å²) >= 11 is 0. The lowest BCUT2D eigenvalue weighted by Crippen LogP contribution is -2.42. The number of hydrogen-bond acceptors (Lipinski definition) is 6. The molecule has 7 heteroatoms. The molecule has 1 amide bonds. The molecular weight excluding hydrogens is 330 g/mol. The molecule has 1 atom stereocenters. The van der Waals surface area contributed by atoms with E-state index in [-0.39, 0.29) is 5.91 Å². The van der Waals surface area contributed by atoms with Gasteiger partial charge in [0.2, 0.25) is 5.91 Å². The van der Waals surface area contributed by atoms with Crippen molar-refractivity contribution in [2.75, 3.05) is 19.7 Å². The zero-order valence-electron chi connectivity index (χ0n) is 13.3. The highest BCUT2D eigenvalue weighted by atomic mass is 33.1. The monoisotopic (exact) mass is 355 g/mol. The first kappa shape index (κ1) is 18.4. The Bertz CT molecular complexity index is 514. The van der Waals surface area contributed by atoms with Crippen molar-refractivity contribution in [3.8, 4) is 5.75 Å². The van der Waals surface area contributed by atoms with E-state index in [1.807, 2.05) is 27.7 Å². The summed E-state index contributed by atoms with van der Waals surface area (Å²) in [5.41, 5.74) is 14.0. The summed E-state index contributed by atoms with van der Waals surface area (Å²) in [6.07, 6.45) is 2.45. The van der Waals surface area contributed by atoms with Crippen LogP contribution in [0.25, 0.3) is 0 Å². The number of fused-ring (bicyclic) bond motifs is 1. The first-order valence-corrected chi connectivity index (χ1v) is 10.4. The van der Waals surface area contributed by atoms with E-state index in [4.69, 9.17) is 16.2 Å². The Hall–Kier alpha value is -0.890. The molecule has 1 aliphatic heterocycles. The lowest BCUT2D eigenvalue weighted by atomic mass is 10.1. The summed E-state index contributed by atoms with van der Waals surface area (Å²) in [6, 6.07) is 5.77. The molecule has 0 fully saturated rings. The smallest absolute Gasteiger partial charge is 0.237 e. The molecule has 0 aliphatic carbocycles. The topological polar surface area (TPSA) is 90.4 Å². The van der Waals surface area contributed by atoms with E-state index in [0.717, 1.165) is 30.1 Å². The molecule has 2 rings (SSSR count). The Morgan fingerprint density at radius 2 is 2.04 bits per heavy atom. The number of carbonyl (C=O) groups excluding carboxylic acids is 1. The highest BCUT2D eigenvalue weighted by Crippen LogP contribution is 2.38. The van der Waals surface area contributed by atoms with Gasteiger partial charge < -0.3 is 21.5 Å². The second-order valence-corrected chi connectivity index (χ2v) is 7.95. The number of nitrogens with two attached hydrogens (primary N) is 2. The Kier molecular flexibility index (Phi) is 8.08. The Labute approximate surface area is 145 Å². The molecule has 0 saturated carbocycles. The van der Waals surface area contributed by atoms with Crippen molar-refractivity contribution in [2.24, 2.45) is 11.5 Å². The molecule has 1 heterocycles. The van der Waals surface area contributed by atoms with Crippen molar-refractivity contribution in [1.29, 1.82) is 0 Å². The second-order valence-electron chi connectivity index (χ2n) is 5.49. The number of ether oxygens (including phenoxy) is 1. The average Bonchev–Trinajstić information content (AvgIpc) is 2.58. The van der Waals surface area contributed by atoms with E-state index in [1.165, 1.54) is 11.1 Å². The minimum absolute atomic E-state index is 0.121. The molecule has 5 N–H and O–H groups in total. The van der Waals surface area contributed by atoms with Gasteiger partial charge in [-0.15, -0.1) is 0 Å². The molecule has 1 aliphatic rings. The van der Waals surface area contributed by atoms with Crippen LogP contribution in [0.1, 0.15) is 30.4 Å². The van der Waals surface area contributed by atoms with Crippen LogP contribution in [0.15, 0.2) is 18.2 Å². The van der Waals surface area contributed by atoms with E-state index in [9.17, 15) is 4.79 Å². The lowest BCUT2D eigenvalue weighted by Gasteiger charge is -2.16. The minimum Gasteiger partial charge on any atom is -0.492 e. The van der Waals surface area contributed by atoms with Crippen LogP contribution in [0.4, 0.5) is 0 Å². The fraction of sp³-hybridized carbons (Fsp3) is 0.562. The molecule has 1 aromatic rings. The standard InChI is InChI=1S/C16H25N3O2S2/c17-6-2-1-3-15(18)16(20)19-7-8-21-14-5-4-12-10-22-23-11-13(12)9-14/h4-5,9,15H,1-3,6-8,10-11,17-18H2,(H,19,20). The van der Waals surface area contributed by atoms with E-state index in [0.29, 0.717) is 26.1 Å². The first-order chi connectivity index (χ1) is 11.2. The molecule has 128 valence electrons. The van der Waals surface area contributed by atoms with Crippen molar-refractivity contribution >= 4 is 27.5 Å². The molecule has 0 aromatic heterocycles. The summed E-state index contributed by atoms with van der Waals surface area (Å²) < 4.78 is 5.71. The van der Waals surface area contributed by atoms with E-state index in [2.05, 4.69) is 17.4 Å². The molecule has 0 saturated heterocycles. The molecule has 1 unspecified atom stereocenters. The first-order valence-electron chi connectivity index (χ1n) is 7.93. The molecule has 0 bridgehead atoms. The maximum absolute atomic E-state index is 11.8. The molecular formula is C16H25N3O2S2. The van der Waals surface area contributed by atoms with E-state index < -0.39 is 6.04 Å². The largest absolute Gasteiger partial charge is 0.492 e. The molecule has 23 heavy (non-hydrogen) atoms. The summed E-state index contributed by atoms with van der Waals surface area (Å²) in [6.45, 7) is 1.55. The number of carbonyl (C=O) groups is 1. The molecule has 0 radical (unpaired) electrons. The van der Waals surface area contributed by atoms with Crippen LogP contribution in [0, 0.1) is 0 Å². The van der Waals surface area contributed by atoms with Gasteiger partial charge in [0, 0.05) is 11.5 Å². The van der Waals surface area contributed by atoms with Gasteiger partial charge in [-0.25, -0.2) is 0 Å². The highest BCUT2D eigenvalue weighted by molar-refractivity contribution is 8.76. The molecule has 0 spiro atoms. The minimum atomic E-state index is -0.459. The van der Waals surface area contributed by atoms with Crippen LogP contribution in [0.3, 0.4) is 0 Å². The van der Waals surface area contributed by atoms with Gasteiger partial charge in [0.15, 0.2) is 0 Å². The summed E-state index contributed by atoms with van der Waals surface area (Å²) in [4.78, 5) is 11.8. The predicted octanol–water partition coefficient (Wildman–Crippen LogP) is 2.03. The van der Waals surface area contributed by atoms with Gasteiger partial charge in [-0.05, 0) is 42.6 Å². The number of rotatable bonds is 9. The van der Waals surface area contributed by atoms with Crippen LogP contribution in [-0.2, 0) is 16.3 Å². The molecule has 5 nitrogen and oxygen atoms in total. The number of nitrogens with one attached hydrogen (secondary N) is 1. The lowest BCUT2D eigenvalue weighted by molar-refractivity contribution is -0.122. The van der Waals surface area contributed by atoms with Crippen LogP contribution in [0.5, 0.6) is 5.75 Å². The second kappa shape index (κ2) is 10.1. The summed E-state index contributed by atoms with van der Waals surface area (Å²) in [7, 11) is 3.76. The quantitative estimate of drug-likeness (QED) is 0.464. The van der Waals surface area contributed by atoms with Gasteiger partial charge in [-0.2, -0.15) is 0 Å². The maximum Gasteiger partial charge on any atom is 0.237 e. The van der Waals surface area contributed by atoms with Crippen LogP contribution in [-0.4, -0.2) is 31.6 Å². The zero-order chi connectivity index (χ0) is 16.5. The SMILES string of the molecule is NCCCCC(N)C(=O)NCCOc1ccc2c(c1)CSSC2.